The van der Waals surface area contributed by atoms with Gasteiger partial charge in [0.1, 0.15) is 11.6 Å². The highest BCUT2D eigenvalue weighted by molar-refractivity contribution is 5.41. The van der Waals surface area contributed by atoms with Crippen molar-refractivity contribution < 1.29 is 9.47 Å². The van der Waals surface area contributed by atoms with Gasteiger partial charge in [-0.3, -0.25) is 0 Å². The zero-order chi connectivity index (χ0) is 11.1. The van der Waals surface area contributed by atoms with E-state index in [0.717, 1.165) is 18.0 Å². The van der Waals surface area contributed by atoms with Crippen molar-refractivity contribution in [2.45, 2.75) is 19.4 Å². The first kappa shape index (κ1) is 11.8. The van der Waals surface area contributed by atoms with Crippen LogP contribution in [0.2, 0.25) is 0 Å². The van der Waals surface area contributed by atoms with Crippen molar-refractivity contribution in [3.8, 4) is 5.75 Å². The molecule has 0 fully saturated rings. The molecule has 0 amide bonds. The van der Waals surface area contributed by atoms with Crippen LogP contribution in [0, 0.1) is 0 Å². The summed E-state index contributed by atoms with van der Waals surface area (Å²) in [5, 5.41) is 3.29. The summed E-state index contributed by atoms with van der Waals surface area (Å²) in [5.74, 6) is 1.62. The van der Waals surface area contributed by atoms with Crippen LogP contribution in [0.5, 0.6) is 5.75 Å². The quantitative estimate of drug-likeness (QED) is 0.779. The maximum absolute atomic E-state index is 5.12. The number of pyridine rings is 1. The summed E-state index contributed by atoms with van der Waals surface area (Å²) in [6.07, 6.45) is 2.72. The molecule has 0 aliphatic heterocycles. The molecular weight excluding hydrogens is 192 g/mol. The van der Waals surface area contributed by atoms with Crippen molar-refractivity contribution in [3.05, 3.63) is 18.3 Å². The molecule has 4 nitrogen and oxygen atoms in total. The van der Waals surface area contributed by atoms with Gasteiger partial charge in [-0.05, 0) is 12.5 Å². The average Bonchev–Trinajstić information content (AvgIpc) is 2.29. The van der Waals surface area contributed by atoms with Crippen LogP contribution < -0.4 is 10.1 Å². The molecule has 0 aliphatic carbocycles. The number of nitrogens with one attached hydrogen (secondary N) is 1. The molecule has 0 radical (unpaired) electrons. The van der Waals surface area contributed by atoms with Gasteiger partial charge >= 0.3 is 0 Å². The van der Waals surface area contributed by atoms with E-state index in [1.165, 1.54) is 0 Å². The SMILES string of the molecule is CCC(COC)Nc1cc(OC)ccn1. The average molecular weight is 210 g/mol. The molecule has 0 bridgehead atoms. The maximum Gasteiger partial charge on any atom is 0.129 e. The number of nitrogens with zero attached hydrogens (tertiary/aromatic N) is 1. The second kappa shape index (κ2) is 6.24. The molecule has 15 heavy (non-hydrogen) atoms. The Morgan fingerprint density at radius 1 is 1.47 bits per heavy atom. The smallest absolute Gasteiger partial charge is 0.129 e. The molecular formula is C11H18N2O2. The Balaban J connectivity index is 2.61. The predicted octanol–water partition coefficient (Wildman–Crippen LogP) is 1.93. The lowest BCUT2D eigenvalue weighted by Gasteiger charge is -2.16. The molecule has 1 N–H and O–H groups in total. The van der Waals surface area contributed by atoms with Crippen molar-refractivity contribution in [2.75, 3.05) is 26.1 Å². The summed E-state index contributed by atoms with van der Waals surface area (Å²) >= 11 is 0. The fourth-order valence-corrected chi connectivity index (χ4v) is 1.29. The summed E-state index contributed by atoms with van der Waals surface area (Å²) in [6.45, 7) is 2.78. The highest BCUT2D eigenvalue weighted by Gasteiger charge is 2.06. The molecule has 0 saturated carbocycles. The van der Waals surface area contributed by atoms with Gasteiger partial charge < -0.3 is 14.8 Å². The van der Waals surface area contributed by atoms with E-state index in [2.05, 4.69) is 17.2 Å². The maximum atomic E-state index is 5.12. The van der Waals surface area contributed by atoms with Crippen molar-refractivity contribution in [1.29, 1.82) is 0 Å². The third kappa shape index (κ3) is 3.75. The number of aromatic nitrogens is 1. The van der Waals surface area contributed by atoms with Crippen LogP contribution in [-0.2, 0) is 4.74 Å². The number of hydrogen-bond donors (Lipinski definition) is 1. The van der Waals surface area contributed by atoms with Gasteiger partial charge in [0.15, 0.2) is 0 Å². The minimum Gasteiger partial charge on any atom is -0.497 e. The van der Waals surface area contributed by atoms with E-state index in [1.807, 2.05) is 12.1 Å². The third-order valence-corrected chi connectivity index (χ3v) is 2.18. The molecule has 0 aromatic carbocycles. The molecule has 1 aromatic rings. The van der Waals surface area contributed by atoms with Gasteiger partial charge in [-0.25, -0.2) is 4.98 Å². The van der Waals surface area contributed by atoms with Crippen LogP contribution in [0.15, 0.2) is 18.3 Å². The molecule has 0 aliphatic rings. The zero-order valence-corrected chi connectivity index (χ0v) is 9.49. The Labute approximate surface area is 90.6 Å². The van der Waals surface area contributed by atoms with Crippen molar-refractivity contribution in [3.63, 3.8) is 0 Å². The Morgan fingerprint density at radius 3 is 2.87 bits per heavy atom. The van der Waals surface area contributed by atoms with E-state index in [-0.39, 0.29) is 6.04 Å². The molecule has 1 atom stereocenters. The van der Waals surface area contributed by atoms with Crippen LogP contribution in [0.25, 0.3) is 0 Å². The summed E-state index contributed by atoms with van der Waals surface area (Å²) in [7, 11) is 3.34. The first-order valence-corrected chi connectivity index (χ1v) is 5.05. The van der Waals surface area contributed by atoms with Crippen molar-refractivity contribution >= 4 is 5.82 Å². The van der Waals surface area contributed by atoms with Gasteiger partial charge in [0, 0.05) is 19.4 Å². The molecule has 1 unspecified atom stereocenters. The first-order chi connectivity index (χ1) is 7.30. The Bertz CT molecular complexity index is 292. The van der Waals surface area contributed by atoms with Crippen LogP contribution in [0.3, 0.4) is 0 Å². The van der Waals surface area contributed by atoms with Crippen molar-refractivity contribution in [2.24, 2.45) is 0 Å². The fourth-order valence-electron chi connectivity index (χ4n) is 1.29. The van der Waals surface area contributed by atoms with Crippen LogP contribution in [-0.4, -0.2) is 31.9 Å². The normalized spacial score (nSPS) is 12.2. The fraction of sp³-hybridized carbons (Fsp3) is 0.545. The molecule has 1 heterocycles. The van der Waals surface area contributed by atoms with E-state index in [4.69, 9.17) is 9.47 Å². The third-order valence-electron chi connectivity index (χ3n) is 2.18. The Hall–Kier alpha value is -1.29. The summed E-state index contributed by atoms with van der Waals surface area (Å²) in [4.78, 5) is 4.21. The second-order valence-electron chi connectivity index (χ2n) is 3.29. The summed E-state index contributed by atoms with van der Waals surface area (Å²) in [5.41, 5.74) is 0. The number of hydrogen-bond acceptors (Lipinski definition) is 4. The first-order valence-electron chi connectivity index (χ1n) is 5.05. The molecule has 0 saturated heterocycles. The number of rotatable bonds is 6. The topological polar surface area (TPSA) is 43.4 Å². The second-order valence-corrected chi connectivity index (χ2v) is 3.29. The standard InChI is InChI=1S/C11H18N2O2/c1-4-9(8-14-2)13-11-7-10(15-3)5-6-12-11/h5-7,9H,4,8H2,1-3H3,(H,12,13). The van der Waals surface area contributed by atoms with E-state index >= 15 is 0 Å². The molecule has 1 aromatic heterocycles. The van der Waals surface area contributed by atoms with Gasteiger partial charge in [0.2, 0.25) is 0 Å². The van der Waals surface area contributed by atoms with Gasteiger partial charge in [-0.2, -0.15) is 0 Å². The van der Waals surface area contributed by atoms with Crippen LogP contribution in [0.4, 0.5) is 5.82 Å². The lowest BCUT2D eigenvalue weighted by atomic mass is 10.2. The summed E-state index contributed by atoms with van der Waals surface area (Å²) < 4.78 is 10.2. The van der Waals surface area contributed by atoms with Gasteiger partial charge in [0.25, 0.3) is 0 Å². The lowest BCUT2D eigenvalue weighted by molar-refractivity contribution is 0.184. The zero-order valence-electron chi connectivity index (χ0n) is 9.49. The number of methoxy groups -OCH3 is 2. The minimum atomic E-state index is 0.287. The Kier molecular flexibility index (Phi) is 4.90. The van der Waals surface area contributed by atoms with Crippen LogP contribution >= 0.6 is 0 Å². The highest BCUT2D eigenvalue weighted by Crippen LogP contribution is 2.14. The molecule has 0 spiro atoms. The monoisotopic (exact) mass is 210 g/mol. The van der Waals surface area contributed by atoms with E-state index in [0.29, 0.717) is 6.61 Å². The van der Waals surface area contributed by atoms with E-state index in [9.17, 15) is 0 Å². The largest absolute Gasteiger partial charge is 0.497 e. The van der Waals surface area contributed by atoms with Crippen LogP contribution in [0.1, 0.15) is 13.3 Å². The Morgan fingerprint density at radius 2 is 2.27 bits per heavy atom. The molecule has 1 rings (SSSR count). The predicted molar refractivity (Wildman–Crippen MR) is 60.4 cm³/mol. The molecule has 84 valence electrons. The number of ether oxygens (including phenoxy) is 2. The lowest BCUT2D eigenvalue weighted by Crippen LogP contribution is -2.24. The van der Waals surface area contributed by atoms with E-state index in [1.54, 1.807) is 20.4 Å². The minimum absolute atomic E-state index is 0.287. The van der Waals surface area contributed by atoms with Gasteiger partial charge in [-0.15, -0.1) is 0 Å². The van der Waals surface area contributed by atoms with E-state index < -0.39 is 0 Å². The van der Waals surface area contributed by atoms with Crippen molar-refractivity contribution in [1.82, 2.24) is 4.98 Å². The molecule has 4 heteroatoms. The van der Waals surface area contributed by atoms with Gasteiger partial charge in [0.05, 0.1) is 19.8 Å². The number of anilines is 1. The van der Waals surface area contributed by atoms with Gasteiger partial charge in [-0.1, -0.05) is 6.92 Å². The highest BCUT2D eigenvalue weighted by atomic mass is 16.5. The summed E-state index contributed by atoms with van der Waals surface area (Å²) in [6, 6.07) is 3.98.